The number of nitrogens with zero attached hydrogens (tertiary/aromatic N) is 1. The fourth-order valence-electron chi connectivity index (χ4n) is 3.13. The molecule has 2 heterocycles. The highest BCUT2D eigenvalue weighted by molar-refractivity contribution is 7.21. The lowest BCUT2D eigenvalue weighted by Gasteiger charge is -2.36. The van der Waals surface area contributed by atoms with E-state index in [2.05, 4.69) is 13.8 Å². The number of nitrogens with two attached hydrogens (primary N) is 1. The molecule has 1 amide bonds. The number of carbonyl (C=O) groups excluding carboxylic acids is 1. The van der Waals surface area contributed by atoms with E-state index in [1.807, 2.05) is 4.90 Å². The molecule has 3 nitrogen and oxygen atoms in total. The average molecular weight is 306 g/mol. The number of benzene rings is 1. The fraction of sp³-hybridized carbons (Fsp3) is 0.438. The summed E-state index contributed by atoms with van der Waals surface area (Å²) in [5, 5.41) is 0.379. The SMILES string of the molecule is CC1CCN(C(=O)c2sc3cccc(F)c3c2N)C(C)C1. The van der Waals surface area contributed by atoms with E-state index in [0.717, 1.165) is 24.1 Å². The monoisotopic (exact) mass is 306 g/mol. The summed E-state index contributed by atoms with van der Waals surface area (Å²) in [6, 6.07) is 5.03. The number of nitrogen functional groups attached to an aromatic ring is 1. The lowest BCUT2D eigenvalue weighted by atomic mass is 9.93. The van der Waals surface area contributed by atoms with Crippen LogP contribution in [0.3, 0.4) is 0 Å². The van der Waals surface area contributed by atoms with Gasteiger partial charge in [0.2, 0.25) is 0 Å². The number of thiophene rings is 1. The first-order chi connectivity index (χ1) is 9.99. The highest BCUT2D eigenvalue weighted by atomic mass is 32.1. The van der Waals surface area contributed by atoms with Crippen LogP contribution >= 0.6 is 11.3 Å². The number of amides is 1. The molecule has 2 unspecified atom stereocenters. The molecule has 0 radical (unpaired) electrons. The van der Waals surface area contributed by atoms with Crippen LogP contribution < -0.4 is 5.73 Å². The summed E-state index contributed by atoms with van der Waals surface area (Å²) in [7, 11) is 0. The Morgan fingerprint density at radius 3 is 2.86 bits per heavy atom. The molecule has 2 N–H and O–H groups in total. The number of likely N-dealkylation sites (tertiary alicyclic amines) is 1. The molecule has 0 spiro atoms. The average Bonchev–Trinajstić information content (AvgIpc) is 2.77. The van der Waals surface area contributed by atoms with Crippen molar-refractivity contribution in [3.05, 3.63) is 28.9 Å². The highest BCUT2D eigenvalue weighted by Gasteiger charge is 2.30. The molecule has 0 saturated carbocycles. The third-order valence-electron chi connectivity index (χ3n) is 4.29. The van der Waals surface area contributed by atoms with Gasteiger partial charge in [-0.05, 0) is 37.8 Å². The zero-order valence-electron chi connectivity index (χ0n) is 12.2. The van der Waals surface area contributed by atoms with E-state index in [4.69, 9.17) is 5.73 Å². The second kappa shape index (κ2) is 5.30. The minimum atomic E-state index is -0.361. The number of halogens is 1. The molecule has 112 valence electrons. The molecule has 1 fully saturated rings. The van der Waals surface area contributed by atoms with Gasteiger partial charge in [0.1, 0.15) is 10.7 Å². The predicted octanol–water partition coefficient (Wildman–Crippen LogP) is 3.88. The molecule has 1 aromatic heterocycles. The van der Waals surface area contributed by atoms with Crippen molar-refractivity contribution in [3.63, 3.8) is 0 Å². The molecular formula is C16H19FN2OS. The first-order valence-corrected chi connectivity index (χ1v) is 8.08. The molecule has 2 atom stereocenters. The summed E-state index contributed by atoms with van der Waals surface area (Å²) < 4.78 is 14.6. The third-order valence-corrected chi connectivity index (χ3v) is 5.45. The van der Waals surface area contributed by atoms with Gasteiger partial charge in [0.05, 0.1) is 11.1 Å². The van der Waals surface area contributed by atoms with Crippen LogP contribution in [-0.2, 0) is 0 Å². The van der Waals surface area contributed by atoms with E-state index in [-0.39, 0.29) is 23.5 Å². The molecule has 2 aromatic rings. The van der Waals surface area contributed by atoms with Crippen molar-refractivity contribution in [1.82, 2.24) is 4.90 Å². The second-order valence-corrected chi connectivity index (χ2v) is 6.99. The Labute approximate surface area is 127 Å². The van der Waals surface area contributed by atoms with Crippen LogP contribution in [0.25, 0.3) is 10.1 Å². The van der Waals surface area contributed by atoms with Gasteiger partial charge in [-0.1, -0.05) is 13.0 Å². The number of rotatable bonds is 1. The Morgan fingerprint density at radius 2 is 2.19 bits per heavy atom. The maximum absolute atomic E-state index is 13.9. The molecule has 1 saturated heterocycles. The maximum Gasteiger partial charge on any atom is 0.266 e. The zero-order chi connectivity index (χ0) is 15.1. The number of hydrogen-bond donors (Lipinski definition) is 1. The van der Waals surface area contributed by atoms with Gasteiger partial charge in [-0.3, -0.25) is 4.79 Å². The van der Waals surface area contributed by atoms with Crippen LogP contribution in [-0.4, -0.2) is 23.4 Å². The Kier molecular flexibility index (Phi) is 3.61. The van der Waals surface area contributed by atoms with Crippen molar-refractivity contribution in [3.8, 4) is 0 Å². The van der Waals surface area contributed by atoms with E-state index < -0.39 is 0 Å². The summed E-state index contributed by atoms with van der Waals surface area (Å²) >= 11 is 1.29. The van der Waals surface area contributed by atoms with Crippen molar-refractivity contribution in [2.75, 3.05) is 12.3 Å². The van der Waals surface area contributed by atoms with Crippen LogP contribution in [0.4, 0.5) is 10.1 Å². The smallest absolute Gasteiger partial charge is 0.266 e. The highest BCUT2D eigenvalue weighted by Crippen LogP contribution is 2.37. The first-order valence-electron chi connectivity index (χ1n) is 7.26. The van der Waals surface area contributed by atoms with Crippen LogP contribution in [0.2, 0.25) is 0 Å². The topological polar surface area (TPSA) is 46.3 Å². The van der Waals surface area contributed by atoms with Gasteiger partial charge in [0, 0.05) is 17.3 Å². The largest absolute Gasteiger partial charge is 0.397 e. The molecule has 0 aliphatic carbocycles. The Hall–Kier alpha value is -1.62. The van der Waals surface area contributed by atoms with Gasteiger partial charge in [-0.25, -0.2) is 4.39 Å². The van der Waals surface area contributed by atoms with Crippen LogP contribution in [0.5, 0.6) is 0 Å². The van der Waals surface area contributed by atoms with E-state index in [9.17, 15) is 9.18 Å². The normalized spacial score (nSPS) is 22.7. The van der Waals surface area contributed by atoms with E-state index in [1.54, 1.807) is 12.1 Å². The van der Waals surface area contributed by atoms with E-state index in [0.29, 0.717) is 16.2 Å². The molecule has 0 bridgehead atoms. The summed E-state index contributed by atoms with van der Waals surface area (Å²) in [5.74, 6) is 0.217. The van der Waals surface area contributed by atoms with Crippen molar-refractivity contribution in [1.29, 1.82) is 0 Å². The summed E-state index contributed by atoms with van der Waals surface area (Å²) in [6.07, 6.45) is 2.01. The van der Waals surface area contributed by atoms with Gasteiger partial charge >= 0.3 is 0 Å². The summed E-state index contributed by atoms with van der Waals surface area (Å²) in [5.41, 5.74) is 6.32. The molecule has 1 aliphatic heterocycles. The van der Waals surface area contributed by atoms with Crippen LogP contribution in [0, 0.1) is 11.7 Å². The number of piperidine rings is 1. The molecule has 21 heavy (non-hydrogen) atoms. The van der Waals surface area contributed by atoms with Crippen molar-refractivity contribution in [2.24, 2.45) is 5.92 Å². The molecular weight excluding hydrogens is 287 g/mol. The Balaban J connectivity index is 1.99. The van der Waals surface area contributed by atoms with Crippen LogP contribution in [0.15, 0.2) is 18.2 Å². The molecule has 3 rings (SSSR count). The first kappa shape index (κ1) is 14.3. The van der Waals surface area contributed by atoms with Gasteiger partial charge in [-0.15, -0.1) is 11.3 Å². The van der Waals surface area contributed by atoms with Gasteiger partial charge in [0.15, 0.2) is 0 Å². The third kappa shape index (κ3) is 2.39. The predicted molar refractivity (Wildman–Crippen MR) is 85.1 cm³/mol. The lowest BCUT2D eigenvalue weighted by Crippen LogP contribution is -2.44. The van der Waals surface area contributed by atoms with Crippen LogP contribution in [0.1, 0.15) is 36.4 Å². The molecule has 5 heteroatoms. The van der Waals surface area contributed by atoms with Gasteiger partial charge in [0.25, 0.3) is 5.91 Å². The lowest BCUT2D eigenvalue weighted by molar-refractivity contribution is 0.0594. The van der Waals surface area contributed by atoms with Crippen molar-refractivity contribution < 1.29 is 9.18 Å². The minimum absolute atomic E-state index is 0.0625. The zero-order valence-corrected chi connectivity index (χ0v) is 13.0. The molecule has 1 aliphatic rings. The number of hydrogen-bond acceptors (Lipinski definition) is 3. The van der Waals surface area contributed by atoms with Crippen molar-refractivity contribution >= 4 is 33.0 Å². The number of carbonyl (C=O) groups is 1. The quantitative estimate of drug-likeness (QED) is 0.869. The Bertz CT molecular complexity index is 697. The summed E-state index contributed by atoms with van der Waals surface area (Å²) in [6.45, 7) is 5.02. The maximum atomic E-state index is 13.9. The molecule has 1 aromatic carbocycles. The fourth-order valence-corrected chi connectivity index (χ4v) is 4.22. The second-order valence-electron chi connectivity index (χ2n) is 5.93. The number of anilines is 1. The Morgan fingerprint density at radius 1 is 1.43 bits per heavy atom. The van der Waals surface area contributed by atoms with Gasteiger partial charge in [-0.2, -0.15) is 0 Å². The van der Waals surface area contributed by atoms with Crippen molar-refractivity contribution in [2.45, 2.75) is 32.7 Å². The van der Waals surface area contributed by atoms with Gasteiger partial charge < -0.3 is 10.6 Å². The summed E-state index contributed by atoms with van der Waals surface area (Å²) in [4.78, 5) is 15.1. The number of fused-ring (bicyclic) bond motifs is 1. The minimum Gasteiger partial charge on any atom is -0.397 e. The van der Waals surface area contributed by atoms with E-state index in [1.165, 1.54) is 17.4 Å². The van der Waals surface area contributed by atoms with E-state index >= 15 is 0 Å². The standard InChI is InChI=1S/C16H19FN2OS/c1-9-6-7-19(10(2)8-9)16(20)15-14(18)13-11(17)4-3-5-12(13)21-15/h3-5,9-10H,6-8,18H2,1-2H3.